The van der Waals surface area contributed by atoms with Crippen molar-refractivity contribution in [1.29, 1.82) is 5.26 Å². The van der Waals surface area contributed by atoms with Crippen molar-refractivity contribution in [1.82, 2.24) is 4.98 Å². The van der Waals surface area contributed by atoms with Gasteiger partial charge in [-0.2, -0.15) is 5.26 Å². The fourth-order valence-electron chi connectivity index (χ4n) is 2.04. The van der Waals surface area contributed by atoms with Gasteiger partial charge in [0.15, 0.2) is 11.7 Å². The van der Waals surface area contributed by atoms with Crippen molar-refractivity contribution in [3.05, 3.63) is 40.5 Å². The predicted molar refractivity (Wildman–Crippen MR) is 86.7 cm³/mol. The lowest BCUT2D eigenvalue weighted by Gasteiger charge is -2.05. The average Bonchev–Trinajstić information content (AvgIpc) is 3.04. The van der Waals surface area contributed by atoms with Crippen LogP contribution in [0.5, 0.6) is 0 Å². The van der Waals surface area contributed by atoms with E-state index in [1.165, 1.54) is 23.5 Å². The van der Waals surface area contributed by atoms with Crippen LogP contribution in [-0.4, -0.2) is 23.3 Å². The standard InChI is InChI=1S/C17H15FN2O3S/c1-2-23-16(22)8-7-15(21)13(9-19)17-20-14(10-24-17)11-3-5-12(18)6-4-11/h3-6,10,13H,2,7-8H2,1H3. The minimum absolute atomic E-state index is 0.0545. The van der Waals surface area contributed by atoms with Crippen LogP contribution < -0.4 is 0 Å². The number of halogens is 1. The molecule has 0 N–H and O–H groups in total. The van der Waals surface area contributed by atoms with E-state index in [9.17, 15) is 19.2 Å². The summed E-state index contributed by atoms with van der Waals surface area (Å²) in [7, 11) is 0. The Hall–Kier alpha value is -2.59. The van der Waals surface area contributed by atoms with Crippen molar-refractivity contribution in [3.63, 3.8) is 0 Å². The molecule has 0 spiro atoms. The van der Waals surface area contributed by atoms with E-state index in [1.807, 2.05) is 6.07 Å². The molecule has 0 fully saturated rings. The number of aromatic nitrogens is 1. The number of ketones is 1. The first-order valence-electron chi connectivity index (χ1n) is 7.34. The topological polar surface area (TPSA) is 80.0 Å². The summed E-state index contributed by atoms with van der Waals surface area (Å²) in [5, 5.41) is 11.3. The van der Waals surface area contributed by atoms with Gasteiger partial charge >= 0.3 is 5.97 Å². The van der Waals surface area contributed by atoms with E-state index in [0.29, 0.717) is 16.3 Å². The molecule has 5 nitrogen and oxygen atoms in total. The number of hydrogen-bond donors (Lipinski definition) is 0. The van der Waals surface area contributed by atoms with E-state index in [-0.39, 0.29) is 31.0 Å². The first-order chi connectivity index (χ1) is 11.5. The molecule has 2 aromatic rings. The van der Waals surface area contributed by atoms with Gasteiger partial charge in [0, 0.05) is 17.4 Å². The number of carbonyl (C=O) groups excluding carboxylic acids is 2. The summed E-state index contributed by atoms with van der Waals surface area (Å²) in [5.41, 5.74) is 1.28. The molecule has 0 radical (unpaired) electrons. The summed E-state index contributed by atoms with van der Waals surface area (Å²) in [6, 6.07) is 7.74. The lowest BCUT2D eigenvalue weighted by atomic mass is 10.0. The molecule has 1 atom stereocenters. The van der Waals surface area contributed by atoms with E-state index in [0.717, 1.165) is 0 Å². The summed E-state index contributed by atoms with van der Waals surface area (Å²) >= 11 is 1.19. The van der Waals surface area contributed by atoms with Gasteiger partial charge in [-0.25, -0.2) is 9.37 Å². The second kappa shape index (κ2) is 8.31. The second-order valence-corrected chi connectivity index (χ2v) is 5.80. The van der Waals surface area contributed by atoms with E-state index in [2.05, 4.69) is 4.98 Å². The van der Waals surface area contributed by atoms with Gasteiger partial charge in [0.2, 0.25) is 0 Å². The summed E-state index contributed by atoms with van der Waals surface area (Å²) in [5.74, 6) is -2.20. The van der Waals surface area contributed by atoms with Gasteiger partial charge in [0.05, 0.1) is 24.8 Å². The Labute approximate surface area is 142 Å². The van der Waals surface area contributed by atoms with Crippen LogP contribution in [0.2, 0.25) is 0 Å². The summed E-state index contributed by atoms with van der Waals surface area (Å²) < 4.78 is 17.7. The third kappa shape index (κ3) is 4.46. The molecule has 7 heteroatoms. The molecular formula is C17H15FN2O3S. The number of Topliss-reactive ketones (excluding diaryl/α,β-unsaturated/α-hetero) is 1. The number of esters is 1. The number of carbonyl (C=O) groups is 2. The highest BCUT2D eigenvalue weighted by atomic mass is 32.1. The maximum absolute atomic E-state index is 13.0. The van der Waals surface area contributed by atoms with Crippen LogP contribution in [0.3, 0.4) is 0 Å². The van der Waals surface area contributed by atoms with Gasteiger partial charge in [-0.05, 0) is 31.2 Å². The third-order valence-electron chi connectivity index (χ3n) is 3.24. The molecular weight excluding hydrogens is 331 g/mol. The zero-order chi connectivity index (χ0) is 17.5. The largest absolute Gasteiger partial charge is 0.466 e. The van der Waals surface area contributed by atoms with Crippen molar-refractivity contribution in [3.8, 4) is 17.3 Å². The number of rotatable bonds is 7. The van der Waals surface area contributed by atoms with Gasteiger partial charge in [0.25, 0.3) is 0 Å². The van der Waals surface area contributed by atoms with Gasteiger partial charge in [-0.15, -0.1) is 11.3 Å². The molecule has 1 unspecified atom stereocenters. The fraction of sp³-hybridized carbons (Fsp3) is 0.294. The van der Waals surface area contributed by atoms with Crippen molar-refractivity contribution < 1.29 is 18.7 Å². The lowest BCUT2D eigenvalue weighted by Crippen LogP contribution is -2.13. The maximum Gasteiger partial charge on any atom is 0.306 e. The van der Waals surface area contributed by atoms with Crippen LogP contribution in [0.15, 0.2) is 29.6 Å². The monoisotopic (exact) mass is 346 g/mol. The SMILES string of the molecule is CCOC(=O)CCC(=O)C(C#N)c1nc(-c2ccc(F)cc2)cs1. The predicted octanol–water partition coefficient (Wildman–Crippen LogP) is 3.47. The number of thiazole rings is 1. The molecule has 0 aliphatic heterocycles. The van der Waals surface area contributed by atoms with Crippen molar-refractivity contribution in [2.24, 2.45) is 0 Å². The van der Waals surface area contributed by atoms with Crippen molar-refractivity contribution >= 4 is 23.1 Å². The van der Waals surface area contributed by atoms with Crippen LogP contribution in [0, 0.1) is 17.1 Å². The molecule has 1 heterocycles. The molecule has 2 rings (SSSR count). The third-order valence-corrected chi connectivity index (χ3v) is 4.15. The van der Waals surface area contributed by atoms with Gasteiger partial charge < -0.3 is 4.74 Å². The Kier molecular flexibility index (Phi) is 6.15. The summed E-state index contributed by atoms with van der Waals surface area (Å²) in [6.45, 7) is 1.94. The normalized spacial score (nSPS) is 11.5. The molecule has 24 heavy (non-hydrogen) atoms. The first kappa shape index (κ1) is 17.8. The summed E-state index contributed by atoms with van der Waals surface area (Å²) in [4.78, 5) is 27.8. The lowest BCUT2D eigenvalue weighted by molar-refractivity contribution is -0.144. The smallest absolute Gasteiger partial charge is 0.306 e. The van der Waals surface area contributed by atoms with Crippen LogP contribution in [0.4, 0.5) is 4.39 Å². The highest BCUT2D eigenvalue weighted by Crippen LogP contribution is 2.27. The number of benzene rings is 1. The van der Waals surface area contributed by atoms with Crippen molar-refractivity contribution in [2.45, 2.75) is 25.7 Å². The zero-order valence-electron chi connectivity index (χ0n) is 13.0. The Morgan fingerprint density at radius 2 is 2.04 bits per heavy atom. The van der Waals surface area contributed by atoms with Gasteiger partial charge in [-0.3, -0.25) is 9.59 Å². The number of hydrogen-bond acceptors (Lipinski definition) is 6. The molecule has 0 saturated carbocycles. The average molecular weight is 346 g/mol. The minimum atomic E-state index is -1.02. The molecule has 0 bridgehead atoms. The molecule has 124 valence electrons. The zero-order valence-corrected chi connectivity index (χ0v) is 13.8. The van der Waals surface area contributed by atoms with Crippen molar-refractivity contribution in [2.75, 3.05) is 6.61 Å². The van der Waals surface area contributed by atoms with Gasteiger partial charge in [-0.1, -0.05) is 0 Å². The molecule has 0 amide bonds. The van der Waals surface area contributed by atoms with E-state index in [1.54, 1.807) is 24.4 Å². The molecule has 1 aromatic heterocycles. The second-order valence-electron chi connectivity index (χ2n) is 4.91. The van der Waals surface area contributed by atoms with Crippen LogP contribution in [0.25, 0.3) is 11.3 Å². The Morgan fingerprint density at radius 1 is 1.33 bits per heavy atom. The van der Waals surface area contributed by atoms with Crippen LogP contribution in [-0.2, 0) is 14.3 Å². The van der Waals surface area contributed by atoms with Crippen LogP contribution >= 0.6 is 11.3 Å². The Bertz CT molecular complexity index is 765. The fourth-order valence-corrected chi connectivity index (χ4v) is 2.93. The van der Waals surface area contributed by atoms with E-state index >= 15 is 0 Å². The Morgan fingerprint density at radius 3 is 2.67 bits per heavy atom. The highest BCUT2D eigenvalue weighted by Gasteiger charge is 2.24. The number of nitriles is 1. The molecule has 0 aliphatic rings. The minimum Gasteiger partial charge on any atom is -0.466 e. The maximum atomic E-state index is 13.0. The number of nitrogens with zero attached hydrogens (tertiary/aromatic N) is 2. The first-order valence-corrected chi connectivity index (χ1v) is 8.22. The highest BCUT2D eigenvalue weighted by molar-refractivity contribution is 7.10. The molecule has 0 saturated heterocycles. The van der Waals surface area contributed by atoms with Gasteiger partial charge in [0.1, 0.15) is 10.8 Å². The van der Waals surface area contributed by atoms with Crippen LogP contribution in [0.1, 0.15) is 30.7 Å². The molecule has 0 aliphatic carbocycles. The number of ether oxygens (including phenoxy) is 1. The van der Waals surface area contributed by atoms with E-state index < -0.39 is 11.9 Å². The Balaban J connectivity index is 2.08. The quantitative estimate of drug-likeness (QED) is 0.717. The molecule has 1 aromatic carbocycles. The summed E-state index contributed by atoms with van der Waals surface area (Å²) in [6.07, 6.45) is -0.121. The van der Waals surface area contributed by atoms with E-state index in [4.69, 9.17) is 4.74 Å².